The normalized spacial score (nSPS) is 15.0. The van der Waals surface area contributed by atoms with Crippen molar-refractivity contribution in [2.45, 2.75) is 24.8 Å². The number of pyridine rings is 1. The lowest BCUT2D eigenvalue weighted by Crippen LogP contribution is -2.41. The Morgan fingerprint density at radius 1 is 1.19 bits per heavy atom. The molecule has 140 valence electrons. The minimum atomic E-state index is 0. The van der Waals surface area contributed by atoms with Gasteiger partial charge in [0.15, 0.2) is 5.96 Å². The van der Waals surface area contributed by atoms with Crippen LogP contribution in [0.4, 0.5) is 0 Å². The van der Waals surface area contributed by atoms with Gasteiger partial charge < -0.3 is 15.4 Å². The topological polar surface area (TPSA) is 58.5 Å². The monoisotopic (exact) mass is 530 g/mol. The van der Waals surface area contributed by atoms with Crippen LogP contribution in [0.5, 0.6) is 5.88 Å². The second kappa shape index (κ2) is 9.55. The Kier molecular flexibility index (Phi) is 7.69. The van der Waals surface area contributed by atoms with Gasteiger partial charge in [-0.25, -0.2) is 4.98 Å². The number of ether oxygens (including phenoxy) is 1. The van der Waals surface area contributed by atoms with Gasteiger partial charge in [0.1, 0.15) is 0 Å². The first-order valence-corrected chi connectivity index (χ1v) is 9.16. The largest absolute Gasteiger partial charge is 0.481 e. The lowest BCUT2D eigenvalue weighted by atomic mass is 9.96. The number of benzene rings is 1. The maximum Gasteiger partial charge on any atom is 0.213 e. The molecule has 1 heterocycles. The van der Waals surface area contributed by atoms with Gasteiger partial charge in [0.2, 0.25) is 5.88 Å². The third kappa shape index (κ3) is 5.09. The molecule has 0 saturated heterocycles. The van der Waals surface area contributed by atoms with E-state index in [4.69, 9.17) is 4.74 Å². The number of nitrogens with one attached hydrogen (secondary N) is 2. The molecular weight excluding hydrogens is 507 g/mol. The zero-order chi connectivity index (χ0) is 17.7. The summed E-state index contributed by atoms with van der Waals surface area (Å²) in [6, 6.07) is 14.2. The van der Waals surface area contributed by atoms with Crippen molar-refractivity contribution in [3.8, 4) is 5.88 Å². The summed E-state index contributed by atoms with van der Waals surface area (Å²) in [5.41, 5.74) is 2.48. The molecule has 0 amide bonds. The van der Waals surface area contributed by atoms with Crippen LogP contribution in [0.15, 0.2) is 51.9 Å². The van der Waals surface area contributed by atoms with E-state index in [0.717, 1.165) is 18.2 Å². The van der Waals surface area contributed by atoms with E-state index in [2.05, 4.69) is 60.8 Å². The van der Waals surface area contributed by atoms with Gasteiger partial charge in [0.05, 0.1) is 19.3 Å². The molecule has 3 rings (SSSR count). The van der Waals surface area contributed by atoms with Gasteiger partial charge in [-0.15, -0.1) is 24.0 Å². The maximum atomic E-state index is 5.16. The molecule has 7 heteroatoms. The Bertz CT molecular complexity index is 765. The number of methoxy groups -OCH3 is 1. The highest BCUT2D eigenvalue weighted by atomic mass is 127. The summed E-state index contributed by atoms with van der Waals surface area (Å²) in [5, 5.41) is 6.77. The molecule has 1 aromatic heterocycles. The molecule has 26 heavy (non-hydrogen) atoms. The highest BCUT2D eigenvalue weighted by molar-refractivity contribution is 14.0. The molecular formula is C19H24BrIN4O. The quantitative estimate of drug-likeness (QED) is 0.338. The number of hydrogen-bond acceptors (Lipinski definition) is 3. The predicted octanol–water partition coefficient (Wildman–Crippen LogP) is 3.87. The Balaban J connectivity index is 0.00000243. The fourth-order valence-electron chi connectivity index (χ4n) is 2.90. The average molecular weight is 531 g/mol. The van der Waals surface area contributed by atoms with Gasteiger partial charge in [-0.2, -0.15) is 0 Å². The van der Waals surface area contributed by atoms with Crippen LogP contribution >= 0.6 is 39.9 Å². The Hall–Kier alpha value is -1.35. The number of aromatic nitrogens is 1. The van der Waals surface area contributed by atoms with Crippen LogP contribution in [0, 0.1) is 0 Å². The fraction of sp³-hybridized carbons (Fsp3) is 0.368. The molecule has 0 radical (unpaired) electrons. The van der Waals surface area contributed by atoms with Crippen molar-refractivity contribution in [1.82, 2.24) is 15.6 Å². The summed E-state index contributed by atoms with van der Waals surface area (Å²) in [5.74, 6) is 1.40. The van der Waals surface area contributed by atoms with Gasteiger partial charge in [-0.05, 0) is 30.5 Å². The van der Waals surface area contributed by atoms with Crippen molar-refractivity contribution in [3.05, 3.63) is 58.2 Å². The summed E-state index contributed by atoms with van der Waals surface area (Å²) in [4.78, 5) is 8.72. The molecule has 0 aliphatic heterocycles. The Labute approximate surface area is 180 Å². The van der Waals surface area contributed by atoms with Gasteiger partial charge in [-0.1, -0.05) is 40.2 Å². The van der Waals surface area contributed by atoms with Crippen LogP contribution in [0.1, 0.15) is 24.1 Å². The molecule has 1 aliphatic carbocycles. The zero-order valence-electron chi connectivity index (χ0n) is 15.0. The van der Waals surface area contributed by atoms with Crippen LogP contribution in [-0.4, -0.2) is 31.6 Å². The van der Waals surface area contributed by atoms with Gasteiger partial charge in [-0.3, -0.25) is 4.99 Å². The summed E-state index contributed by atoms with van der Waals surface area (Å²) in [6.45, 7) is 1.46. The fourth-order valence-corrected chi connectivity index (χ4v) is 3.61. The highest BCUT2D eigenvalue weighted by Gasteiger charge is 2.45. The second-order valence-electron chi connectivity index (χ2n) is 6.21. The van der Waals surface area contributed by atoms with Crippen molar-refractivity contribution in [3.63, 3.8) is 0 Å². The van der Waals surface area contributed by atoms with E-state index >= 15 is 0 Å². The molecule has 0 unspecified atom stereocenters. The van der Waals surface area contributed by atoms with Crippen molar-refractivity contribution in [2.24, 2.45) is 4.99 Å². The van der Waals surface area contributed by atoms with Crippen molar-refractivity contribution in [1.29, 1.82) is 0 Å². The van der Waals surface area contributed by atoms with E-state index < -0.39 is 0 Å². The van der Waals surface area contributed by atoms with E-state index in [-0.39, 0.29) is 29.4 Å². The maximum absolute atomic E-state index is 5.16. The summed E-state index contributed by atoms with van der Waals surface area (Å²) < 4.78 is 6.34. The smallest absolute Gasteiger partial charge is 0.213 e. The summed E-state index contributed by atoms with van der Waals surface area (Å²) >= 11 is 3.68. The number of halogens is 2. The van der Waals surface area contributed by atoms with E-state index in [1.54, 1.807) is 14.2 Å². The molecule has 5 nitrogen and oxygen atoms in total. The van der Waals surface area contributed by atoms with Crippen molar-refractivity contribution >= 4 is 45.9 Å². The second-order valence-corrected chi connectivity index (χ2v) is 7.07. The molecule has 1 saturated carbocycles. The third-order valence-corrected chi connectivity index (χ3v) is 5.24. The van der Waals surface area contributed by atoms with E-state index in [1.165, 1.54) is 22.9 Å². The lowest BCUT2D eigenvalue weighted by Gasteiger charge is -2.20. The number of nitrogens with zero attached hydrogens (tertiary/aromatic N) is 2. The Morgan fingerprint density at radius 2 is 1.96 bits per heavy atom. The van der Waals surface area contributed by atoms with E-state index in [1.807, 2.05) is 18.2 Å². The van der Waals surface area contributed by atoms with Crippen LogP contribution < -0.4 is 15.4 Å². The molecule has 0 bridgehead atoms. The first-order valence-electron chi connectivity index (χ1n) is 8.36. The summed E-state index contributed by atoms with van der Waals surface area (Å²) in [6.07, 6.45) is 2.38. The molecule has 1 aliphatic rings. The number of guanidine groups is 1. The SMILES string of the molecule is CN=C(NCc1cccc(OC)n1)NCC1(c2ccccc2Br)CC1.I. The van der Waals surface area contributed by atoms with Crippen molar-refractivity contribution < 1.29 is 4.74 Å². The van der Waals surface area contributed by atoms with Crippen molar-refractivity contribution in [2.75, 3.05) is 20.7 Å². The molecule has 0 atom stereocenters. The van der Waals surface area contributed by atoms with Gasteiger partial charge in [0.25, 0.3) is 0 Å². The third-order valence-electron chi connectivity index (χ3n) is 4.54. The number of hydrogen-bond donors (Lipinski definition) is 2. The highest BCUT2D eigenvalue weighted by Crippen LogP contribution is 2.49. The first kappa shape index (κ1) is 21.0. The van der Waals surface area contributed by atoms with Crippen LogP contribution in [0.3, 0.4) is 0 Å². The molecule has 0 spiro atoms. The lowest BCUT2D eigenvalue weighted by molar-refractivity contribution is 0.396. The Morgan fingerprint density at radius 3 is 2.62 bits per heavy atom. The van der Waals surface area contributed by atoms with E-state index in [9.17, 15) is 0 Å². The van der Waals surface area contributed by atoms with Gasteiger partial charge >= 0.3 is 0 Å². The molecule has 2 aromatic rings. The minimum absolute atomic E-state index is 0. The van der Waals surface area contributed by atoms with E-state index in [0.29, 0.717) is 12.4 Å². The molecule has 1 aromatic carbocycles. The predicted molar refractivity (Wildman–Crippen MR) is 119 cm³/mol. The number of aliphatic imine (C=N–C) groups is 1. The zero-order valence-corrected chi connectivity index (χ0v) is 18.9. The first-order chi connectivity index (χ1) is 12.2. The standard InChI is InChI=1S/C19H23BrN4O.HI/c1-21-18(22-12-14-6-5-9-17(24-14)25-2)23-13-19(10-11-19)15-7-3-4-8-16(15)20;/h3-9H,10-13H2,1-2H3,(H2,21,22,23);1H. The van der Waals surface area contributed by atoms with Crippen LogP contribution in [0.25, 0.3) is 0 Å². The average Bonchev–Trinajstić information content (AvgIpc) is 3.43. The molecule has 1 fully saturated rings. The summed E-state index contributed by atoms with van der Waals surface area (Å²) in [7, 11) is 3.41. The van der Waals surface area contributed by atoms with Crippen LogP contribution in [-0.2, 0) is 12.0 Å². The molecule has 2 N–H and O–H groups in total. The number of rotatable bonds is 6. The van der Waals surface area contributed by atoms with Crippen LogP contribution in [0.2, 0.25) is 0 Å². The van der Waals surface area contributed by atoms with Gasteiger partial charge in [0, 0.05) is 29.5 Å². The minimum Gasteiger partial charge on any atom is -0.481 e.